The number of aliphatic carboxylic acids is 1. The summed E-state index contributed by atoms with van der Waals surface area (Å²) >= 11 is 0. The highest BCUT2D eigenvalue weighted by molar-refractivity contribution is 5.80. The molecule has 7 heteroatoms. The van der Waals surface area contributed by atoms with Crippen LogP contribution in [0.25, 0.3) is 0 Å². The number of carboxylic acids is 1. The molecular weight excluding hydrogens is 326 g/mol. The van der Waals surface area contributed by atoms with Gasteiger partial charge in [-0.3, -0.25) is 4.79 Å². The molecule has 0 aliphatic carbocycles. The SMILES string of the molecule is CC(C)(C)OC(=O)CCCC(NC(=O)OCc1ccccc1)C(=O)O. The molecule has 0 aliphatic heterocycles. The van der Waals surface area contributed by atoms with Gasteiger partial charge in [-0.25, -0.2) is 9.59 Å². The van der Waals surface area contributed by atoms with E-state index in [0.717, 1.165) is 5.56 Å². The van der Waals surface area contributed by atoms with Crippen molar-refractivity contribution in [3.63, 3.8) is 0 Å². The van der Waals surface area contributed by atoms with Gasteiger partial charge in [-0.05, 0) is 39.2 Å². The fraction of sp³-hybridized carbons (Fsp3) is 0.500. The molecule has 0 radical (unpaired) electrons. The number of alkyl carbamates (subject to hydrolysis) is 1. The number of hydrogen-bond donors (Lipinski definition) is 2. The third-order valence-electron chi connectivity index (χ3n) is 3.10. The molecule has 25 heavy (non-hydrogen) atoms. The standard InChI is InChI=1S/C18H25NO6/c1-18(2,3)25-15(20)11-7-10-14(16(21)22)19-17(23)24-12-13-8-5-4-6-9-13/h4-6,8-9,14H,7,10-12H2,1-3H3,(H,19,23)(H,21,22). The van der Waals surface area contributed by atoms with Gasteiger partial charge < -0.3 is 19.9 Å². The Kier molecular flexibility index (Phi) is 7.91. The number of hydrogen-bond acceptors (Lipinski definition) is 5. The third-order valence-corrected chi connectivity index (χ3v) is 3.10. The van der Waals surface area contributed by atoms with Crippen LogP contribution in [0.3, 0.4) is 0 Å². The highest BCUT2D eigenvalue weighted by atomic mass is 16.6. The van der Waals surface area contributed by atoms with Gasteiger partial charge in [0.2, 0.25) is 0 Å². The maximum Gasteiger partial charge on any atom is 0.408 e. The molecule has 1 aromatic carbocycles. The second-order valence-corrected chi connectivity index (χ2v) is 6.58. The van der Waals surface area contributed by atoms with Crippen molar-refractivity contribution in [3.05, 3.63) is 35.9 Å². The molecule has 1 amide bonds. The van der Waals surface area contributed by atoms with Crippen LogP contribution in [-0.4, -0.2) is 34.8 Å². The number of carbonyl (C=O) groups is 3. The average molecular weight is 351 g/mol. The molecule has 0 saturated carbocycles. The zero-order valence-electron chi connectivity index (χ0n) is 14.8. The number of nitrogens with one attached hydrogen (secondary N) is 1. The van der Waals surface area contributed by atoms with Crippen molar-refractivity contribution in [1.82, 2.24) is 5.32 Å². The molecule has 0 bridgehead atoms. The van der Waals surface area contributed by atoms with Gasteiger partial charge in [0.05, 0.1) is 0 Å². The van der Waals surface area contributed by atoms with Crippen LogP contribution in [0.5, 0.6) is 0 Å². The van der Waals surface area contributed by atoms with Gasteiger partial charge in [-0.1, -0.05) is 30.3 Å². The van der Waals surface area contributed by atoms with Crippen molar-refractivity contribution in [3.8, 4) is 0 Å². The Morgan fingerprint density at radius 2 is 1.80 bits per heavy atom. The fourth-order valence-electron chi connectivity index (χ4n) is 2.01. The largest absolute Gasteiger partial charge is 0.480 e. The number of esters is 1. The first kappa shape index (κ1) is 20.5. The summed E-state index contributed by atoms with van der Waals surface area (Å²) in [7, 11) is 0. The van der Waals surface area contributed by atoms with E-state index in [0.29, 0.717) is 0 Å². The molecule has 1 rings (SSSR count). The lowest BCUT2D eigenvalue weighted by Gasteiger charge is -2.20. The Balaban J connectivity index is 2.37. The Labute approximate surface area is 147 Å². The minimum Gasteiger partial charge on any atom is -0.480 e. The summed E-state index contributed by atoms with van der Waals surface area (Å²) in [6, 6.07) is 7.94. The molecule has 1 aromatic rings. The molecule has 1 unspecified atom stereocenters. The zero-order valence-corrected chi connectivity index (χ0v) is 14.8. The van der Waals surface area contributed by atoms with Crippen LogP contribution in [0.15, 0.2) is 30.3 Å². The molecule has 0 heterocycles. The summed E-state index contributed by atoms with van der Waals surface area (Å²) in [5.41, 5.74) is 0.220. The topological polar surface area (TPSA) is 102 Å². The maximum atomic E-state index is 11.7. The first-order chi connectivity index (χ1) is 11.7. The molecule has 2 N–H and O–H groups in total. The minimum atomic E-state index is -1.18. The van der Waals surface area contributed by atoms with E-state index in [2.05, 4.69) is 5.32 Å². The van der Waals surface area contributed by atoms with Crippen LogP contribution in [0.1, 0.15) is 45.6 Å². The van der Waals surface area contributed by atoms with E-state index in [1.54, 1.807) is 32.9 Å². The quantitative estimate of drug-likeness (QED) is 0.698. The number of rotatable bonds is 8. The minimum absolute atomic E-state index is 0.0525. The Morgan fingerprint density at radius 3 is 2.36 bits per heavy atom. The second kappa shape index (κ2) is 9.66. The monoisotopic (exact) mass is 351 g/mol. The highest BCUT2D eigenvalue weighted by Gasteiger charge is 2.22. The Hall–Kier alpha value is -2.57. The average Bonchev–Trinajstić information content (AvgIpc) is 2.51. The lowest BCUT2D eigenvalue weighted by molar-refractivity contribution is -0.155. The van der Waals surface area contributed by atoms with Crippen LogP contribution in [0, 0.1) is 0 Å². The van der Waals surface area contributed by atoms with Crippen LogP contribution in [-0.2, 0) is 25.7 Å². The maximum absolute atomic E-state index is 11.7. The molecule has 138 valence electrons. The summed E-state index contributed by atoms with van der Waals surface area (Å²) in [4.78, 5) is 34.6. The van der Waals surface area contributed by atoms with Gasteiger partial charge in [0.1, 0.15) is 18.2 Å². The molecule has 0 saturated heterocycles. The van der Waals surface area contributed by atoms with Gasteiger partial charge >= 0.3 is 18.0 Å². The van der Waals surface area contributed by atoms with E-state index >= 15 is 0 Å². The molecule has 0 fully saturated rings. The van der Waals surface area contributed by atoms with Gasteiger partial charge in [0.15, 0.2) is 0 Å². The summed E-state index contributed by atoms with van der Waals surface area (Å²) in [5, 5.41) is 11.5. The van der Waals surface area contributed by atoms with Crippen molar-refractivity contribution < 1.29 is 29.0 Å². The molecule has 0 aliphatic rings. The van der Waals surface area contributed by atoms with E-state index in [4.69, 9.17) is 9.47 Å². The second-order valence-electron chi connectivity index (χ2n) is 6.58. The van der Waals surface area contributed by atoms with Crippen molar-refractivity contribution in [2.45, 2.75) is 58.3 Å². The normalized spacial score (nSPS) is 12.1. The third kappa shape index (κ3) is 9.34. The first-order valence-corrected chi connectivity index (χ1v) is 8.09. The van der Waals surface area contributed by atoms with E-state index < -0.39 is 29.7 Å². The Morgan fingerprint density at radius 1 is 1.16 bits per heavy atom. The van der Waals surface area contributed by atoms with Crippen LogP contribution in [0.2, 0.25) is 0 Å². The number of amides is 1. The summed E-state index contributed by atoms with van der Waals surface area (Å²) < 4.78 is 10.1. The van der Waals surface area contributed by atoms with Crippen molar-refractivity contribution in [2.75, 3.05) is 0 Å². The van der Waals surface area contributed by atoms with Gasteiger partial charge in [0, 0.05) is 6.42 Å². The molecule has 0 spiro atoms. The predicted octanol–water partition coefficient (Wildman–Crippen LogP) is 2.88. The lowest BCUT2D eigenvalue weighted by Crippen LogP contribution is -2.41. The number of ether oxygens (including phenoxy) is 2. The van der Waals surface area contributed by atoms with E-state index in [1.807, 2.05) is 18.2 Å². The Bertz CT molecular complexity index is 579. The summed E-state index contributed by atoms with van der Waals surface area (Å²) in [6.07, 6.45) is -0.338. The van der Waals surface area contributed by atoms with Crippen molar-refractivity contribution in [1.29, 1.82) is 0 Å². The number of carbonyl (C=O) groups excluding carboxylic acids is 2. The first-order valence-electron chi connectivity index (χ1n) is 8.09. The molecule has 0 aromatic heterocycles. The molecule has 7 nitrogen and oxygen atoms in total. The van der Waals surface area contributed by atoms with Crippen LogP contribution in [0.4, 0.5) is 4.79 Å². The zero-order chi connectivity index (χ0) is 18.9. The van der Waals surface area contributed by atoms with Gasteiger partial charge in [0.25, 0.3) is 0 Å². The molecular formula is C18H25NO6. The number of carboxylic acid groups (broad SMARTS) is 1. The van der Waals surface area contributed by atoms with Gasteiger partial charge in [-0.15, -0.1) is 0 Å². The van der Waals surface area contributed by atoms with Crippen LogP contribution < -0.4 is 5.32 Å². The predicted molar refractivity (Wildman–Crippen MR) is 90.9 cm³/mol. The van der Waals surface area contributed by atoms with Crippen molar-refractivity contribution in [2.24, 2.45) is 0 Å². The fourth-order valence-corrected chi connectivity index (χ4v) is 2.01. The van der Waals surface area contributed by atoms with E-state index in [9.17, 15) is 19.5 Å². The van der Waals surface area contributed by atoms with E-state index in [1.165, 1.54) is 0 Å². The number of benzene rings is 1. The smallest absolute Gasteiger partial charge is 0.408 e. The molecule has 1 atom stereocenters. The van der Waals surface area contributed by atoms with Gasteiger partial charge in [-0.2, -0.15) is 0 Å². The summed E-state index contributed by atoms with van der Waals surface area (Å²) in [5.74, 6) is -1.58. The van der Waals surface area contributed by atoms with E-state index in [-0.39, 0.29) is 25.9 Å². The summed E-state index contributed by atoms with van der Waals surface area (Å²) in [6.45, 7) is 5.33. The van der Waals surface area contributed by atoms with Crippen LogP contribution >= 0.6 is 0 Å². The lowest BCUT2D eigenvalue weighted by atomic mass is 10.1. The van der Waals surface area contributed by atoms with Crippen molar-refractivity contribution >= 4 is 18.0 Å². The highest BCUT2D eigenvalue weighted by Crippen LogP contribution is 2.11.